The zero-order chi connectivity index (χ0) is 12.9. The molecule has 0 atom stereocenters. The number of hydrogen-bond donors (Lipinski definition) is 1. The third-order valence-electron chi connectivity index (χ3n) is 4.20. The Balaban J connectivity index is 1.34. The molecule has 0 aromatic carbocycles. The minimum absolute atomic E-state index is 0.625. The van der Waals surface area contributed by atoms with Gasteiger partial charge in [-0.3, -0.25) is 0 Å². The first-order chi connectivity index (χ1) is 9.40. The second-order valence-electron chi connectivity index (χ2n) is 6.10. The molecule has 3 rings (SSSR count). The molecule has 19 heavy (non-hydrogen) atoms. The van der Waals surface area contributed by atoms with Gasteiger partial charge in [0.2, 0.25) is 0 Å². The first-order valence-electron chi connectivity index (χ1n) is 7.77. The highest BCUT2D eigenvalue weighted by Gasteiger charge is 2.20. The van der Waals surface area contributed by atoms with Crippen LogP contribution in [0.5, 0.6) is 0 Å². The number of rotatable bonds is 7. The fraction of sp³-hybridized carbons (Fsp3) is 0.750. The van der Waals surface area contributed by atoms with E-state index in [1.807, 2.05) is 6.26 Å². The molecule has 0 saturated heterocycles. The largest absolute Gasteiger partial charge is 0.467 e. The van der Waals surface area contributed by atoms with Crippen LogP contribution in [-0.2, 0) is 17.9 Å². The fourth-order valence-corrected chi connectivity index (χ4v) is 2.82. The summed E-state index contributed by atoms with van der Waals surface area (Å²) in [6.45, 7) is 2.45. The van der Waals surface area contributed by atoms with E-state index in [1.54, 1.807) is 0 Å². The SMILES string of the molecule is c1oc(COCC2CCCCC2)cc1CNC1CC1. The Morgan fingerprint density at radius 1 is 1.16 bits per heavy atom. The predicted molar refractivity (Wildman–Crippen MR) is 74.8 cm³/mol. The molecule has 0 aliphatic heterocycles. The maximum absolute atomic E-state index is 5.80. The van der Waals surface area contributed by atoms with Crippen LogP contribution in [0.3, 0.4) is 0 Å². The molecule has 0 bridgehead atoms. The number of hydrogen-bond acceptors (Lipinski definition) is 3. The minimum Gasteiger partial charge on any atom is -0.467 e. The monoisotopic (exact) mass is 263 g/mol. The minimum atomic E-state index is 0.625. The van der Waals surface area contributed by atoms with Gasteiger partial charge in [0, 0.05) is 24.8 Å². The quantitative estimate of drug-likeness (QED) is 0.815. The molecule has 1 aromatic rings. The summed E-state index contributed by atoms with van der Waals surface area (Å²) in [5, 5.41) is 3.49. The van der Waals surface area contributed by atoms with Gasteiger partial charge in [0.15, 0.2) is 0 Å². The molecule has 1 aromatic heterocycles. The van der Waals surface area contributed by atoms with Gasteiger partial charge in [-0.15, -0.1) is 0 Å². The standard InChI is InChI=1S/C16H25NO2/c1-2-4-13(5-3-1)10-18-12-16-8-14(11-19-16)9-17-15-6-7-15/h8,11,13,15,17H,1-7,9-10,12H2. The molecule has 0 spiro atoms. The van der Waals surface area contributed by atoms with Crippen molar-refractivity contribution < 1.29 is 9.15 Å². The fourth-order valence-electron chi connectivity index (χ4n) is 2.82. The molecule has 0 unspecified atom stereocenters. The summed E-state index contributed by atoms with van der Waals surface area (Å²) >= 11 is 0. The van der Waals surface area contributed by atoms with Crippen molar-refractivity contribution in [2.45, 2.75) is 64.1 Å². The van der Waals surface area contributed by atoms with Gasteiger partial charge in [-0.2, -0.15) is 0 Å². The lowest BCUT2D eigenvalue weighted by molar-refractivity contribution is 0.0637. The smallest absolute Gasteiger partial charge is 0.129 e. The molecule has 2 fully saturated rings. The normalized spacial score (nSPS) is 20.8. The highest BCUT2D eigenvalue weighted by Crippen LogP contribution is 2.24. The van der Waals surface area contributed by atoms with Crippen molar-refractivity contribution in [1.29, 1.82) is 0 Å². The number of nitrogens with one attached hydrogen (secondary N) is 1. The van der Waals surface area contributed by atoms with Crippen LogP contribution in [0.2, 0.25) is 0 Å². The molecule has 1 N–H and O–H groups in total. The topological polar surface area (TPSA) is 34.4 Å². The summed E-state index contributed by atoms with van der Waals surface area (Å²) in [4.78, 5) is 0. The molecule has 2 saturated carbocycles. The zero-order valence-corrected chi connectivity index (χ0v) is 11.7. The van der Waals surface area contributed by atoms with E-state index in [4.69, 9.17) is 9.15 Å². The molecule has 2 aliphatic rings. The molecule has 0 radical (unpaired) electrons. The highest BCUT2D eigenvalue weighted by molar-refractivity contribution is 5.12. The molecule has 2 aliphatic carbocycles. The lowest BCUT2D eigenvalue weighted by Gasteiger charge is -2.20. The number of ether oxygens (including phenoxy) is 1. The van der Waals surface area contributed by atoms with Crippen LogP contribution >= 0.6 is 0 Å². The summed E-state index contributed by atoms with van der Waals surface area (Å²) in [6, 6.07) is 2.87. The first-order valence-corrected chi connectivity index (χ1v) is 7.77. The van der Waals surface area contributed by atoms with Crippen molar-refractivity contribution >= 4 is 0 Å². The van der Waals surface area contributed by atoms with Gasteiger partial charge < -0.3 is 14.5 Å². The molecule has 3 heteroatoms. The Morgan fingerprint density at radius 2 is 2.00 bits per heavy atom. The summed E-state index contributed by atoms with van der Waals surface area (Å²) in [5.74, 6) is 1.74. The Hall–Kier alpha value is -0.800. The molecule has 0 amide bonds. The molecule has 1 heterocycles. The second-order valence-corrected chi connectivity index (χ2v) is 6.10. The Labute approximate surface area is 115 Å². The van der Waals surface area contributed by atoms with Gasteiger partial charge in [-0.25, -0.2) is 0 Å². The van der Waals surface area contributed by atoms with Crippen LogP contribution in [0.15, 0.2) is 16.7 Å². The summed E-state index contributed by atoms with van der Waals surface area (Å²) in [7, 11) is 0. The van der Waals surface area contributed by atoms with Gasteiger partial charge in [-0.1, -0.05) is 19.3 Å². The van der Waals surface area contributed by atoms with Crippen molar-refractivity contribution in [1.82, 2.24) is 5.32 Å². The maximum Gasteiger partial charge on any atom is 0.129 e. The second kappa shape index (κ2) is 6.58. The molecule has 3 nitrogen and oxygen atoms in total. The van der Waals surface area contributed by atoms with E-state index >= 15 is 0 Å². The summed E-state index contributed by atoms with van der Waals surface area (Å²) < 4.78 is 11.3. The first kappa shape index (κ1) is 13.2. The van der Waals surface area contributed by atoms with E-state index in [0.29, 0.717) is 6.61 Å². The lowest BCUT2D eigenvalue weighted by atomic mass is 9.90. The van der Waals surface area contributed by atoms with Crippen LogP contribution in [0.25, 0.3) is 0 Å². The Bertz CT molecular complexity index is 378. The van der Waals surface area contributed by atoms with Crippen molar-refractivity contribution in [3.63, 3.8) is 0 Å². The van der Waals surface area contributed by atoms with E-state index in [0.717, 1.165) is 30.9 Å². The Morgan fingerprint density at radius 3 is 2.79 bits per heavy atom. The van der Waals surface area contributed by atoms with Gasteiger partial charge in [-0.05, 0) is 37.7 Å². The Kier molecular flexibility index (Phi) is 4.57. The molecular weight excluding hydrogens is 238 g/mol. The van der Waals surface area contributed by atoms with Gasteiger partial charge in [0.25, 0.3) is 0 Å². The van der Waals surface area contributed by atoms with E-state index in [2.05, 4.69) is 11.4 Å². The van der Waals surface area contributed by atoms with Crippen LogP contribution < -0.4 is 5.32 Å². The van der Waals surface area contributed by atoms with Crippen molar-refractivity contribution in [2.24, 2.45) is 5.92 Å². The van der Waals surface area contributed by atoms with E-state index in [-0.39, 0.29) is 0 Å². The van der Waals surface area contributed by atoms with Crippen molar-refractivity contribution in [2.75, 3.05) is 6.61 Å². The average molecular weight is 263 g/mol. The number of furan rings is 1. The zero-order valence-electron chi connectivity index (χ0n) is 11.7. The molecule has 106 valence electrons. The molecular formula is C16H25NO2. The maximum atomic E-state index is 5.80. The summed E-state index contributed by atoms with van der Waals surface area (Å²) in [5.41, 5.74) is 1.24. The lowest BCUT2D eigenvalue weighted by Crippen LogP contribution is -2.14. The van der Waals surface area contributed by atoms with Gasteiger partial charge >= 0.3 is 0 Å². The van der Waals surface area contributed by atoms with Crippen LogP contribution in [-0.4, -0.2) is 12.6 Å². The predicted octanol–water partition coefficient (Wildman–Crippen LogP) is 3.63. The van der Waals surface area contributed by atoms with E-state index in [9.17, 15) is 0 Å². The van der Waals surface area contributed by atoms with Crippen LogP contribution in [0.1, 0.15) is 56.3 Å². The van der Waals surface area contributed by atoms with E-state index in [1.165, 1.54) is 50.5 Å². The highest BCUT2D eigenvalue weighted by atomic mass is 16.5. The van der Waals surface area contributed by atoms with Gasteiger partial charge in [0.05, 0.1) is 6.26 Å². The average Bonchev–Trinajstić information content (AvgIpc) is 3.17. The van der Waals surface area contributed by atoms with Crippen molar-refractivity contribution in [3.8, 4) is 0 Å². The van der Waals surface area contributed by atoms with E-state index < -0.39 is 0 Å². The summed E-state index contributed by atoms with van der Waals surface area (Å²) in [6.07, 6.45) is 11.4. The van der Waals surface area contributed by atoms with Crippen molar-refractivity contribution in [3.05, 3.63) is 23.7 Å². The van der Waals surface area contributed by atoms with Gasteiger partial charge in [0.1, 0.15) is 12.4 Å². The third-order valence-corrected chi connectivity index (χ3v) is 4.20. The van der Waals surface area contributed by atoms with Crippen LogP contribution in [0.4, 0.5) is 0 Å². The van der Waals surface area contributed by atoms with Crippen LogP contribution in [0, 0.1) is 5.92 Å². The third kappa shape index (κ3) is 4.36.